The lowest BCUT2D eigenvalue weighted by Gasteiger charge is -2.24. The summed E-state index contributed by atoms with van der Waals surface area (Å²) in [6.45, 7) is 6.46. The molecule has 3 rings (SSSR count). The van der Waals surface area contributed by atoms with Crippen LogP contribution in [0.25, 0.3) is 0 Å². The molecule has 1 spiro atoms. The zero-order chi connectivity index (χ0) is 14.7. The number of likely N-dealkylation sites (tertiary alicyclic amines) is 1. The second kappa shape index (κ2) is 5.97. The summed E-state index contributed by atoms with van der Waals surface area (Å²) in [7, 11) is 1.84. The van der Waals surface area contributed by atoms with Gasteiger partial charge >= 0.3 is 0 Å². The molecule has 1 aromatic rings. The van der Waals surface area contributed by atoms with Crippen molar-refractivity contribution >= 4 is 5.96 Å². The van der Waals surface area contributed by atoms with E-state index in [1.165, 1.54) is 12.8 Å². The Morgan fingerprint density at radius 2 is 2.43 bits per heavy atom. The van der Waals surface area contributed by atoms with Crippen LogP contribution in [0.3, 0.4) is 0 Å². The number of ether oxygens (including phenoxy) is 1. The van der Waals surface area contributed by atoms with Crippen molar-refractivity contribution in [2.75, 3.05) is 33.4 Å². The quantitative estimate of drug-likeness (QED) is 0.649. The van der Waals surface area contributed by atoms with Crippen LogP contribution in [0, 0.1) is 12.3 Å². The number of guanidine groups is 1. The number of nitrogens with zero attached hydrogens (tertiary/aromatic N) is 4. The average Bonchev–Trinajstić information content (AvgIpc) is 3.11. The third-order valence-electron chi connectivity index (χ3n) is 4.40. The minimum absolute atomic E-state index is 0.350. The molecule has 0 aliphatic carbocycles. The smallest absolute Gasteiger partial charge is 0.193 e. The second-order valence-corrected chi connectivity index (χ2v) is 5.97. The fourth-order valence-electron chi connectivity index (χ4n) is 3.19. The van der Waals surface area contributed by atoms with E-state index >= 15 is 0 Å². The fourth-order valence-corrected chi connectivity index (χ4v) is 3.19. The van der Waals surface area contributed by atoms with Crippen LogP contribution in [0.2, 0.25) is 0 Å². The Morgan fingerprint density at radius 3 is 3.14 bits per heavy atom. The number of hydrogen-bond donors (Lipinski definition) is 1. The first-order valence-electron chi connectivity index (χ1n) is 7.53. The molecule has 6 nitrogen and oxygen atoms in total. The van der Waals surface area contributed by atoms with Crippen molar-refractivity contribution in [2.24, 2.45) is 10.4 Å². The number of hydrogen-bond acceptors (Lipinski definition) is 4. The van der Waals surface area contributed by atoms with Gasteiger partial charge in [0, 0.05) is 38.4 Å². The van der Waals surface area contributed by atoms with Gasteiger partial charge in [0.1, 0.15) is 5.82 Å². The first-order chi connectivity index (χ1) is 10.2. The Kier molecular flexibility index (Phi) is 4.05. The van der Waals surface area contributed by atoms with Crippen LogP contribution < -0.4 is 5.32 Å². The van der Waals surface area contributed by atoms with E-state index in [9.17, 15) is 0 Å². The molecule has 0 bridgehead atoms. The maximum Gasteiger partial charge on any atom is 0.193 e. The van der Waals surface area contributed by atoms with Crippen LogP contribution in [-0.2, 0) is 11.3 Å². The topological polar surface area (TPSA) is 62.6 Å². The Bertz CT molecular complexity index is 525. The molecule has 1 aromatic heterocycles. The molecular weight excluding hydrogens is 266 g/mol. The van der Waals surface area contributed by atoms with Crippen LogP contribution in [0.15, 0.2) is 17.3 Å². The molecule has 0 saturated carbocycles. The van der Waals surface area contributed by atoms with Gasteiger partial charge in [-0.05, 0) is 25.8 Å². The summed E-state index contributed by atoms with van der Waals surface area (Å²) in [5, 5.41) is 3.41. The fraction of sp³-hybridized carbons (Fsp3) is 0.667. The molecule has 2 fully saturated rings. The van der Waals surface area contributed by atoms with Crippen molar-refractivity contribution in [3.63, 3.8) is 0 Å². The lowest BCUT2D eigenvalue weighted by Crippen LogP contribution is -2.41. The summed E-state index contributed by atoms with van der Waals surface area (Å²) in [5.74, 6) is 1.75. The van der Waals surface area contributed by atoms with Crippen LogP contribution >= 0.6 is 0 Å². The number of aromatic nitrogens is 2. The van der Waals surface area contributed by atoms with Crippen molar-refractivity contribution in [2.45, 2.75) is 26.3 Å². The maximum atomic E-state index is 5.58. The van der Waals surface area contributed by atoms with E-state index in [-0.39, 0.29) is 0 Å². The second-order valence-electron chi connectivity index (χ2n) is 5.97. The molecule has 0 amide bonds. The van der Waals surface area contributed by atoms with Gasteiger partial charge in [0.15, 0.2) is 5.96 Å². The highest BCUT2D eigenvalue weighted by Crippen LogP contribution is 2.38. The van der Waals surface area contributed by atoms with Gasteiger partial charge in [-0.3, -0.25) is 4.99 Å². The van der Waals surface area contributed by atoms with Crippen LogP contribution in [-0.4, -0.2) is 54.2 Å². The van der Waals surface area contributed by atoms with E-state index in [1.807, 2.05) is 20.0 Å². The van der Waals surface area contributed by atoms with Crippen molar-refractivity contribution < 1.29 is 4.74 Å². The summed E-state index contributed by atoms with van der Waals surface area (Å²) >= 11 is 0. The van der Waals surface area contributed by atoms with E-state index in [1.54, 1.807) is 6.20 Å². The molecule has 1 unspecified atom stereocenters. The summed E-state index contributed by atoms with van der Waals surface area (Å²) in [6.07, 6.45) is 4.16. The summed E-state index contributed by atoms with van der Waals surface area (Å²) in [5.41, 5.74) is 1.34. The number of aliphatic imine (C=N–C) groups is 1. The average molecular weight is 289 g/mol. The molecule has 6 heteroatoms. The molecule has 114 valence electrons. The highest BCUT2D eigenvalue weighted by molar-refractivity contribution is 5.80. The highest BCUT2D eigenvalue weighted by atomic mass is 16.5. The minimum atomic E-state index is 0.350. The molecule has 0 radical (unpaired) electrons. The van der Waals surface area contributed by atoms with Gasteiger partial charge < -0.3 is 15.0 Å². The van der Waals surface area contributed by atoms with Crippen LogP contribution in [0.1, 0.15) is 24.4 Å². The number of rotatable bonds is 2. The third-order valence-corrected chi connectivity index (χ3v) is 4.40. The molecule has 2 saturated heterocycles. The van der Waals surface area contributed by atoms with E-state index in [0.717, 1.165) is 43.8 Å². The zero-order valence-electron chi connectivity index (χ0n) is 12.8. The number of aryl methyl sites for hydroxylation is 1. The van der Waals surface area contributed by atoms with Gasteiger partial charge in [0.25, 0.3) is 0 Å². The first-order valence-corrected chi connectivity index (χ1v) is 7.53. The normalized spacial score (nSPS) is 25.8. The van der Waals surface area contributed by atoms with Crippen molar-refractivity contribution in [1.82, 2.24) is 20.2 Å². The van der Waals surface area contributed by atoms with E-state index in [2.05, 4.69) is 25.2 Å². The van der Waals surface area contributed by atoms with Crippen LogP contribution in [0.4, 0.5) is 0 Å². The third kappa shape index (κ3) is 3.15. The molecule has 3 heterocycles. The van der Waals surface area contributed by atoms with Gasteiger partial charge in [0.05, 0.1) is 18.8 Å². The largest absolute Gasteiger partial charge is 0.381 e. The standard InChI is InChI=1S/C15H23N5O/c1-12-17-6-3-13(19-12)9-18-14(16-2)20-7-4-15(10-20)5-8-21-11-15/h3,6H,4-5,7-11H2,1-2H3,(H,16,18). The Labute approximate surface area is 125 Å². The van der Waals surface area contributed by atoms with Gasteiger partial charge in [-0.15, -0.1) is 0 Å². The maximum absolute atomic E-state index is 5.58. The molecule has 0 aromatic carbocycles. The molecule has 2 aliphatic heterocycles. The van der Waals surface area contributed by atoms with Crippen LogP contribution in [0.5, 0.6) is 0 Å². The Balaban J connectivity index is 1.59. The molecule has 2 aliphatic rings. The highest BCUT2D eigenvalue weighted by Gasteiger charge is 2.42. The predicted octanol–water partition coefficient (Wildman–Crippen LogP) is 0.973. The molecular formula is C15H23N5O. The van der Waals surface area contributed by atoms with E-state index in [0.29, 0.717) is 12.0 Å². The lowest BCUT2D eigenvalue weighted by molar-refractivity contribution is 0.156. The van der Waals surface area contributed by atoms with Crippen molar-refractivity contribution in [1.29, 1.82) is 0 Å². The monoisotopic (exact) mass is 289 g/mol. The van der Waals surface area contributed by atoms with E-state index < -0.39 is 0 Å². The first kappa shape index (κ1) is 14.3. The molecule has 1 N–H and O–H groups in total. The SMILES string of the molecule is CN=C(NCc1ccnc(C)n1)N1CCC2(CCOC2)C1. The van der Waals surface area contributed by atoms with E-state index in [4.69, 9.17) is 4.74 Å². The Hall–Kier alpha value is -1.69. The lowest BCUT2D eigenvalue weighted by atomic mass is 9.87. The molecule has 1 atom stereocenters. The number of nitrogens with one attached hydrogen (secondary N) is 1. The van der Waals surface area contributed by atoms with Gasteiger partial charge in [-0.25, -0.2) is 9.97 Å². The predicted molar refractivity (Wildman–Crippen MR) is 81.0 cm³/mol. The van der Waals surface area contributed by atoms with Gasteiger partial charge in [0.2, 0.25) is 0 Å². The summed E-state index contributed by atoms with van der Waals surface area (Å²) in [6, 6.07) is 1.93. The van der Waals surface area contributed by atoms with Crippen molar-refractivity contribution in [3.8, 4) is 0 Å². The summed E-state index contributed by atoms with van der Waals surface area (Å²) < 4.78 is 5.58. The zero-order valence-corrected chi connectivity index (χ0v) is 12.8. The van der Waals surface area contributed by atoms with Gasteiger partial charge in [-0.1, -0.05) is 0 Å². The Morgan fingerprint density at radius 1 is 1.52 bits per heavy atom. The van der Waals surface area contributed by atoms with Gasteiger partial charge in [-0.2, -0.15) is 0 Å². The molecule has 21 heavy (non-hydrogen) atoms. The van der Waals surface area contributed by atoms with Crippen molar-refractivity contribution in [3.05, 3.63) is 23.8 Å². The minimum Gasteiger partial charge on any atom is -0.381 e. The summed E-state index contributed by atoms with van der Waals surface area (Å²) in [4.78, 5) is 15.3.